The third-order valence-corrected chi connectivity index (χ3v) is 9.08. The fourth-order valence-electron chi connectivity index (χ4n) is 6.58. The van der Waals surface area contributed by atoms with Crippen molar-refractivity contribution >= 4 is 23.0 Å². The molecule has 1 aromatic carbocycles. The van der Waals surface area contributed by atoms with E-state index < -0.39 is 12.1 Å². The van der Waals surface area contributed by atoms with E-state index in [1.54, 1.807) is 21.6 Å². The number of hydrogen-bond donors (Lipinski definition) is 1. The van der Waals surface area contributed by atoms with Gasteiger partial charge in [0.2, 0.25) is 0 Å². The van der Waals surface area contributed by atoms with Gasteiger partial charge in [0, 0.05) is 35.6 Å². The van der Waals surface area contributed by atoms with Crippen molar-refractivity contribution in [3.63, 3.8) is 0 Å². The summed E-state index contributed by atoms with van der Waals surface area (Å²) in [6.07, 6.45) is 3.51. The predicted octanol–water partition coefficient (Wildman–Crippen LogP) is 4.16. The van der Waals surface area contributed by atoms with Crippen LogP contribution in [0.25, 0.3) is 22.3 Å². The first-order chi connectivity index (χ1) is 20.3. The van der Waals surface area contributed by atoms with Crippen LogP contribution in [0.4, 0.5) is 4.79 Å². The maximum absolute atomic E-state index is 13.3. The van der Waals surface area contributed by atoms with Gasteiger partial charge in [-0.3, -0.25) is 4.79 Å². The number of piperidine rings is 1. The van der Waals surface area contributed by atoms with E-state index in [-0.39, 0.29) is 23.8 Å². The highest BCUT2D eigenvalue weighted by Gasteiger charge is 2.34. The van der Waals surface area contributed by atoms with E-state index >= 15 is 0 Å². The number of carbonyl (C=O) groups is 2. The van der Waals surface area contributed by atoms with E-state index in [9.17, 15) is 19.5 Å². The number of fused-ring (bicyclic) bond motifs is 5. The monoisotopic (exact) mass is 574 g/mol. The first-order valence-electron chi connectivity index (χ1n) is 15.1. The van der Waals surface area contributed by atoms with Gasteiger partial charge in [0.05, 0.1) is 29.0 Å². The van der Waals surface area contributed by atoms with Gasteiger partial charge in [-0.25, -0.2) is 14.6 Å². The van der Waals surface area contributed by atoms with Crippen molar-refractivity contribution in [3.05, 3.63) is 56.9 Å². The summed E-state index contributed by atoms with van der Waals surface area (Å²) < 4.78 is 12.5. The number of ether oxygens (including phenoxy) is 2. The van der Waals surface area contributed by atoms with Crippen molar-refractivity contribution in [2.45, 2.75) is 78.2 Å². The van der Waals surface area contributed by atoms with Gasteiger partial charge in [-0.15, -0.1) is 0 Å². The summed E-state index contributed by atoms with van der Waals surface area (Å²) in [5, 5.41) is 11.3. The summed E-state index contributed by atoms with van der Waals surface area (Å²) in [5.41, 5.74) is 4.17. The largest absolute Gasteiger partial charge is 0.458 e. The Labute approximate surface area is 244 Å². The van der Waals surface area contributed by atoms with E-state index in [0.29, 0.717) is 60.3 Å². The Balaban J connectivity index is 1.25. The van der Waals surface area contributed by atoms with Gasteiger partial charge in [0.1, 0.15) is 12.4 Å². The number of aliphatic hydroxyl groups excluding tert-OH is 1. The molecule has 3 aliphatic heterocycles. The fraction of sp³-hybridized carbons (Fsp3) is 0.500. The lowest BCUT2D eigenvalue weighted by Gasteiger charge is -2.33. The molecule has 0 aliphatic carbocycles. The number of hydrogen-bond acceptors (Lipinski definition) is 8. The zero-order valence-electron chi connectivity index (χ0n) is 24.5. The first-order valence-corrected chi connectivity index (χ1v) is 15.1. The summed E-state index contributed by atoms with van der Waals surface area (Å²) in [6.45, 7) is 9.89. The summed E-state index contributed by atoms with van der Waals surface area (Å²) in [4.78, 5) is 47.6. The van der Waals surface area contributed by atoms with Crippen LogP contribution in [0.1, 0.15) is 74.8 Å². The quantitative estimate of drug-likeness (QED) is 0.327. The SMILES string of the molecule is CCc1c2c(nc3ccc(OC(=O)N(CC)CCC(C)N4CCCCC4)cc13)-c1cc3c(c(=O)n1C2)COC(=O)[C@H]3O. The van der Waals surface area contributed by atoms with Crippen molar-refractivity contribution < 1.29 is 24.2 Å². The van der Waals surface area contributed by atoms with Gasteiger partial charge in [-0.05, 0) is 82.4 Å². The van der Waals surface area contributed by atoms with Gasteiger partial charge in [-0.2, -0.15) is 0 Å². The Morgan fingerprint density at radius 2 is 1.95 bits per heavy atom. The molecule has 1 unspecified atom stereocenters. The molecule has 6 rings (SSSR count). The van der Waals surface area contributed by atoms with Gasteiger partial charge >= 0.3 is 12.1 Å². The molecular weight excluding hydrogens is 536 g/mol. The fourth-order valence-corrected chi connectivity index (χ4v) is 6.58. The van der Waals surface area contributed by atoms with Gasteiger partial charge in [0.15, 0.2) is 6.10 Å². The number of rotatable bonds is 7. The van der Waals surface area contributed by atoms with Crippen LogP contribution >= 0.6 is 0 Å². The second-order valence-electron chi connectivity index (χ2n) is 11.5. The molecule has 2 atom stereocenters. The molecule has 1 N–H and O–H groups in total. The predicted molar refractivity (Wildman–Crippen MR) is 157 cm³/mol. The number of pyridine rings is 2. The number of aromatic nitrogens is 2. The number of benzene rings is 1. The van der Waals surface area contributed by atoms with E-state index in [2.05, 4.69) is 11.8 Å². The summed E-state index contributed by atoms with van der Waals surface area (Å²) >= 11 is 0. The van der Waals surface area contributed by atoms with E-state index in [1.807, 2.05) is 26.0 Å². The van der Waals surface area contributed by atoms with Crippen LogP contribution in [-0.4, -0.2) is 68.7 Å². The molecule has 0 saturated carbocycles. The van der Waals surface area contributed by atoms with Crippen molar-refractivity contribution in [1.29, 1.82) is 0 Å². The Bertz CT molecular complexity index is 1610. The first kappa shape index (κ1) is 28.4. The Morgan fingerprint density at radius 3 is 2.69 bits per heavy atom. The van der Waals surface area contributed by atoms with Crippen molar-refractivity contribution in [1.82, 2.24) is 19.4 Å². The molecule has 3 aromatic rings. The minimum atomic E-state index is -1.49. The molecule has 1 saturated heterocycles. The van der Waals surface area contributed by atoms with Crippen LogP contribution in [0.15, 0.2) is 29.1 Å². The highest BCUT2D eigenvalue weighted by Crippen LogP contribution is 2.38. The van der Waals surface area contributed by atoms with E-state index in [0.717, 1.165) is 36.0 Å². The van der Waals surface area contributed by atoms with Crippen LogP contribution in [0.5, 0.6) is 5.75 Å². The molecule has 42 heavy (non-hydrogen) atoms. The Kier molecular flexibility index (Phi) is 7.76. The van der Waals surface area contributed by atoms with E-state index in [4.69, 9.17) is 14.5 Å². The second-order valence-corrected chi connectivity index (χ2v) is 11.5. The van der Waals surface area contributed by atoms with Crippen LogP contribution in [-0.2, 0) is 29.1 Å². The highest BCUT2D eigenvalue weighted by atomic mass is 16.6. The molecule has 1 fully saturated rings. The zero-order chi connectivity index (χ0) is 29.5. The molecule has 0 spiro atoms. The molecule has 10 heteroatoms. The van der Waals surface area contributed by atoms with Crippen LogP contribution in [0, 0.1) is 0 Å². The summed E-state index contributed by atoms with van der Waals surface area (Å²) in [5.74, 6) is -0.306. The number of amides is 1. The molecular formula is C32H38N4O6. The average Bonchev–Trinajstić information content (AvgIpc) is 3.37. The number of likely N-dealkylation sites (tertiary alicyclic amines) is 1. The lowest BCUT2D eigenvalue weighted by atomic mass is 9.97. The Morgan fingerprint density at radius 1 is 1.17 bits per heavy atom. The number of aryl methyl sites for hydroxylation is 1. The van der Waals surface area contributed by atoms with Gasteiger partial charge in [0.25, 0.3) is 5.56 Å². The number of carbonyl (C=O) groups excluding carboxylic acids is 2. The molecule has 1 amide bonds. The average molecular weight is 575 g/mol. The van der Waals surface area contributed by atoms with Crippen LogP contribution < -0.4 is 10.3 Å². The minimum absolute atomic E-state index is 0.155. The highest BCUT2D eigenvalue weighted by molar-refractivity contribution is 5.90. The van der Waals surface area contributed by atoms with Crippen molar-refractivity contribution in [3.8, 4) is 17.1 Å². The lowest BCUT2D eigenvalue weighted by molar-refractivity contribution is -0.157. The molecule has 3 aliphatic rings. The van der Waals surface area contributed by atoms with Crippen molar-refractivity contribution in [2.24, 2.45) is 0 Å². The number of nitrogens with zero attached hydrogens (tertiary/aromatic N) is 4. The number of esters is 1. The smallest absolute Gasteiger partial charge is 0.415 e. The number of aliphatic hydroxyl groups is 1. The standard InChI is InChI=1S/C32H38N4O6/c1-4-21-22-15-20(42-32(40)34(5-2)14-11-19(3)35-12-7-6-8-13-35)9-10-26(22)33-28-24(21)17-36-27(28)16-23-25(30(36)38)18-41-31(39)29(23)37/h9-10,15-16,19,29,37H,4-8,11-14,17-18H2,1-3H3/t19?,29-/m0/s1. The zero-order valence-corrected chi connectivity index (χ0v) is 24.5. The topological polar surface area (TPSA) is 114 Å². The molecule has 0 radical (unpaired) electrons. The third kappa shape index (κ3) is 4.96. The summed E-state index contributed by atoms with van der Waals surface area (Å²) in [7, 11) is 0. The van der Waals surface area contributed by atoms with Crippen LogP contribution in [0.3, 0.4) is 0 Å². The minimum Gasteiger partial charge on any atom is -0.458 e. The lowest BCUT2D eigenvalue weighted by Crippen LogP contribution is -2.41. The van der Waals surface area contributed by atoms with Gasteiger partial charge < -0.3 is 28.9 Å². The molecule has 0 bridgehead atoms. The maximum Gasteiger partial charge on any atom is 0.415 e. The van der Waals surface area contributed by atoms with Crippen molar-refractivity contribution in [2.75, 3.05) is 26.2 Å². The third-order valence-electron chi connectivity index (χ3n) is 9.08. The normalized spacial score (nSPS) is 18.7. The maximum atomic E-state index is 13.3. The molecule has 222 valence electrons. The Hall–Kier alpha value is -3.76. The van der Waals surface area contributed by atoms with Crippen LogP contribution in [0.2, 0.25) is 0 Å². The molecule has 5 heterocycles. The molecule has 2 aromatic heterocycles. The second kappa shape index (κ2) is 11.5. The van der Waals surface area contributed by atoms with Gasteiger partial charge in [-0.1, -0.05) is 13.3 Å². The number of cyclic esters (lactones) is 1. The molecule has 10 nitrogen and oxygen atoms in total. The van der Waals surface area contributed by atoms with E-state index in [1.165, 1.54) is 19.3 Å². The summed E-state index contributed by atoms with van der Waals surface area (Å²) in [6, 6.07) is 7.55.